The number of hydrogen-bond donors (Lipinski definition) is 1. The molecule has 0 saturated carbocycles. The van der Waals surface area contributed by atoms with E-state index in [1.165, 1.54) is 23.5 Å². The second kappa shape index (κ2) is 8.06. The number of nitrogens with one attached hydrogen (secondary N) is 1. The average Bonchev–Trinajstić information content (AvgIpc) is 3.08. The Morgan fingerprint density at radius 1 is 1.17 bits per heavy atom. The first-order valence-electron chi connectivity index (χ1n) is 9.13. The summed E-state index contributed by atoms with van der Waals surface area (Å²) in [4.78, 5) is 20.2. The molecule has 4 rings (SSSR count). The summed E-state index contributed by atoms with van der Waals surface area (Å²) in [5.74, 6) is -0.469. The molecule has 0 aliphatic heterocycles. The number of likely N-dealkylation sites (N-methyl/N-ethyl adjacent to an activating group) is 1. The first-order chi connectivity index (χ1) is 13.9. The maximum Gasteiger partial charge on any atom is 0.262 e. The van der Waals surface area contributed by atoms with Crippen molar-refractivity contribution in [2.45, 2.75) is 0 Å². The molecular weight excluding hydrogens is 409 g/mol. The minimum Gasteiger partial charge on any atom is -0.350 e. The zero-order chi connectivity index (χ0) is 20.5. The molecule has 0 unspecified atom stereocenters. The second-order valence-electron chi connectivity index (χ2n) is 7.03. The normalized spacial score (nSPS) is 11.5. The summed E-state index contributed by atoms with van der Waals surface area (Å²) in [6.07, 6.45) is 1.78. The standard InChI is InChI=1S/C22H19ClFN3OS/c1-27(2)10-9-25-22(28)21-19(13-3-6-15(24)7-4-13)17-12-26-18-8-5-14(23)11-16(18)20(17)29-21/h3-8,11-12H,9-10H2,1-2H3,(H,25,28). The number of carbonyl (C=O) groups is 1. The fourth-order valence-corrected chi connectivity index (χ4v) is 4.65. The van der Waals surface area contributed by atoms with Gasteiger partial charge in [-0.15, -0.1) is 11.3 Å². The molecule has 0 saturated heterocycles. The first-order valence-corrected chi connectivity index (χ1v) is 10.3. The molecule has 2 aromatic heterocycles. The molecule has 0 spiro atoms. The van der Waals surface area contributed by atoms with E-state index in [1.54, 1.807) is 24.4 Å². The Morgan fingerprint density at radius 2 is 1.93 bits per heavy atom. The van der Waals surface area contributed by atoms with E-state index < -0.39 is 0 Å². The molecule has 0 bridgehead atoms. The number of benzene rings is 2. The average molecular weight is 428 g/mol. The fourth-order valence-electron chi connectivity index (χ4n) is 3.24. The zero-order valence-electron chi connectivity index (χ0n) is 16.0. The van der Waals surface area contributed by atoms with E-state index in [0.29, 0.717) is 16.4 Å². The second-order valence-corrected chi connectivity index (χ2v) is 8.49. The van der Waals surface area contributed by atoms with E-state index in [0.717, 1.165) is 38.7 Å². The lowest BCUT2D eigenvalue weighted by Crippen LogP contribution is -2.31. The number of fused-ring (bicyclic) bond motifs is 3. The van der Waals surface area contributed by atoms with Gasteiger partial charge in [0.15, 0.2) is 0 Å². The van der Waals surface area contributed by atoms with Crippen molar-refractivity contribution >= 4 is 49.8 Å². The third kappa shape index (κ3) is 3.96. The Hall–Kier alpha value is -2.54. The highest BCUT2D eigenvalue weighted by atomic mass is 35.5. The monoisotopic (exact) mass is 427 g/mol. The lowest BCUT2D eigenvalue weighted by molar-refractivity contribution is 0.0955. The quantitative estimate of drug-likeness (QED) is 0.476. The van der Waals surface area contributed by atoms with Crippen molar-refractivity contribution in [3.05, 3.63) is 64.4 Å². The van der Waals surface area contributed by atoms with E-state index in [9.17, 15) is 9.18 Å². The summed E-state index contributed by atoms with van der Waals surface area (Å²) in [6.45, 7) is 1.27. The van der Waals surface area contributed by atoms with Crippen molar-refractivity contribution in [1.82, 2.24) is 15.2 Å². The molecule has 7 heteroatoms. The summed E-state index contributed by atoms with van der Waals surface area (Å²) < 4.78 is 14.4. The number of rotatable bonds is 5. The van der Waals surface area contributed by atoms with Gasteiger partial charge in [-0.3, -0.25) is 9.78 Å². The minimum absolute atomic E-state index is 0.150. The number of pyridine rings is 1. The Morgan fingerprint density at radius 3 is 2.66 bits per heavy atom. The van der Waals surface area contributed by atoms with E-state index in [-0.39, 0.29) is 11.7 Å². The SMILES string of the molecule is CN(C)CCNC(=O)c1sc2c(cnc3ccc(Cl)cc32)c1-c1ccc(F)cc1. The van der Waals surface area contributed by atoms with Crippen LogP contribution in [-0.2, 0) is 0 Å². The number of aromatic nitrogens is 1. The Bertz CT molecular complexity index is 1200. The molecular formula is C22H19ClFN3OS. The third-order valence-electron chi connectivity index (χ3n) is 4.66. The van der Waals surface area contributed by atoms with Gasteiger partial charge >= 0.3 is 0 Å². The van der Waals surface area contributed by atoms with Crippen LogP contribution in [0.5, 0.6) is 0 Å². The van der Waals surface area contributed by atoms with Gasteiger partial charge in [0.2, 0.25) is 0 Å². The molecule has 0 aliphatic carbocycles. The largest absolute Gasteiger partial charge is 0.350 e. The molecule has 0 atom stereocenters. The highest BCUT2D eigenvalue weighted by Gasteiger charge is 2.21. The number of halogens is 2. The summed E-state index contributed by atoms with van der Waals surface area (Å²) in [6, 6.07) is 11.7. The van der Waals surface area contributed by atoms with E-state index in [2.05, 4.69) is 10.3 Å². The maximum absolute atomic E-state index is 13.5. The number of thiophene rings is 1. The number of hydrogen-bond acceptors (Lipinski definition) is 4. The van der Waals surface area contributed by atoms with Gasteiger partial charge in [-0.1, -0.05) is 23.7 Å². The van der Waals surface area contributed by atoms with Crippen LogP contribution in [0.1, 0.15) is 9.67 Å². The fraction of sp³-hybridized carbons (Fsp3) is 0.182. The first kappa shape index (κ1) is 19.8. The van der Waals surface area contributed by atoms with Gasteiger partial charge in [0, 0.05) is 45.3 Å². The van der Waals surface area contributed by atoms with Crippen molar-refractivity contribution < 1.29 is 9.18 Å². The van der Waals surface area contributed by atoms with Crippen LogP contribution in [0.15, 0.2) is 48.7 Å². The van der Waals surface area contributed by atoms with Gasteiger partial charge in [0.05, 0.1) is 5.52 Å². The van der Waals surface area contributed by atoms with E-state index in [4.69, 9.17) is 11.6 Å². The van der Waals surface area contributed by atoms with Crippen molar-refractivity contribution in [2.75, 3.05) is 27.2 Å². The summed E-state index contributed by atoms with van der Waals surface area (Å²) in [7, 11) is 3.91. The molecule has 0 aliphatic rings. The summed E-state index contributed by atoms with van der Waals surface area (Å²) >= 11 is 7.62. The van der Waals surface area contributed by atoms with Crippen LogP contribution in [0.3, 0.4) is 0 Å². The Kier molecular flexibility index (Phi) is 5.50. The molecule has 4 nitrogen and oxygen atoms in total. The number of carbonyl (C=O) groups excluding carboxylic acids is 1. The highest BCUT2D eigenvalue weighted by molar-refractivity contribution is 7.22. The number of nitrogens with zero attached hydrogens (tertiary/aromatic N) is 2. The predicted octanol–water partition coefficient (Wildman–Crippen LogP) is 5.20. The molecule has 29 heavy (non-hydrogen) atoms. The van der Waals surface area contributed by atoms with Crippen LogP contribution in [0.25, 0.3) is 32.1 Å². The summed E-state index contributed by atoms with van der Waals surface area (Å²) in [5.41, 5.74) is 2.36. The lowest BCUT2D eigenvalue weighted by atomic mass is 10.0. The molecule has 1 N–H and O–H groups in total. The van der Waals surface area contributed by atoms with Crippen molar-refractivity contribution in [1.29, 1.82) is 0 Å². The van der Waals surface area contributed by atoms with Crippen LogP contribution >= 0.6 is 22.9 Å². The van der Waals surface area contributed by atoms with Gasteiger partial charge in [-0.25, -0.2) is 4.39 Å². The van der Waals surface area contributed by atoms with Crippen LogP contribution in [0.2, 0.25) is 5.02 Å². The summed E-state index contributed by atoms with van der Waals surface area (Å²) in [5, 5.41) is 5.35. The van der Waals surface area contributed by atoms with Gasteiger partial charge in [0.25, 0.3) is 5.91 Å². The van der Waals surface area contributed by atoms with Crippen LogP contribution in [-0.4, -0.2) is 43.0 Å². The van der Waals surface area contributed by atoms with Crippen molar-refractivity contribution in [3.63, 3.8) is 0 Å². The van der Waals surface area contributed by atoms with Gasteiger partial charge < -0.3 is 10.2 Å². The molecule has 2 aromatic carbocycles. The zero-order valence-corrected chi connectivity index (χ0v) is 17.6. The van der Waals surface area contributed by atoms with Crippen molar-refractivity contribution in [3.8, 4) is 11.1 Å². The Balaban J connectivity index is 1.91. The predicted molar refractivity (Wildman–Crippen MR) is 118 cm³/mol. The van der Waals surface area contributed by atoms with Crippen LogP contribution < -0.4 is 5.32 Å². The van der Waals surface area contributed by atoms with Gasteiger partial charge in [0.1, 0.15) is 10.7 Å². The lowest BCUT2D eigenvalue weighted by Gasteiger charge is -2.11. The molecule has 148 valence electrons. The molecule has 1 amide bonds. The molecule has 4 aromatic rings. The van der Waals surface area contributed by atoms with Crippen molar-refractivity contribution in [2.24, 2.45) is 0 Å². The smallest absolute Gasteiger partial charge is 0.262 e. The highest BCUT2D eigenvalue weighted by Crippen LogP contribution is 2.42. The van der Waals surface area contributed by atoms with E-state index >= 15 is 0 Å². The van der Waals surface area contributed by atoms with Crippen LogP contribution in [0.4, 0.5) is 4.39 Å². The third-order valence-corrected chi connectivity index (χ3v) is 6.14. The molecule has 0 radical (unpaired) electrons. The van der Waals surface area contributed by atoms with Gasteiger partial charge in [-0.2, -0.15) is 0 Å². The van der Waals surface area contributed by atoms with E-state index in [1.807, 2.05) is 31.1 Å². The molecule has 0 fully saturated rings. The van der Waals surface area contributed by atoms with Crippen LogP contribution in [0, 0.1) is 5.82 Å². The number of amides is 1. The maximum atomic E-state index is 13.5. The molecule has 2 heterocycles. The minimum atomic E-state index is -0.319. The van der Waals surface area contributed by atoms with Gasteiger partial charge in [-0.05, 0) is 50.0 Å². The topological polar surface area (TPSA) is 45.2 Å². The Labute approximate surface area is 176 Å².